The molecule has 0 spiro atoms. The fourth-order valence-electron chi connectivity index (χ4n) is 1.28. The van der Waals surface area contributed by atoms with Crippen LogP contribution in [0.15, 0.2) is 11.5 Å². The molecule has 4 nitrogen and oxygen atoms in total. The molecule has 2 atom stereocenters. The summed E-state index contributed by atoms with van der Waals surface area (Å²) in [4.78, 5) is 11.2. The third-order valence-electron chi connectivity index (χ3n) is 1.92. The van der Waals surface area contributed by atoms with Gasteiger partial charge in [-0.2, -0.15) is 0 Å². The third-order valence-corrected chi connectivity index (χ3v) is 4.94. The summed E-state index contributed by atoms with van der Waals surface area (Å²) in [6.07, 6.45) is 1.56. The van der Waals surface area contributed by atoms with E-state index in [2.05, 4.69) is 4.72 Å². The average molecular weight is 205 g/mol. The number of carbonyl (C=O) groups is 1. The summed E-state index contributed by atoms with van der Waals surface area (Å²) in [7, 11) is -3.27. The topological polar surface area (TPSA) is 63.2 Å². The number of ketones is 1. The normalized spacial score (nSPS) is 38.2. The van der Waals surface area contributed by atoms with Crippen LogP contribution < -0.4 is 4.72 Å². The lowest BCUT2D eigenvalue weighted by Gasteiger charge is -2.23. The first-order valence-electron chi connectivity index (χ1n) is 3.44. The quantitative estimate of drug-likeness (QED) is 0.578. The molecule has 0 aliphatic carbocycles. The van der Waals surface area contributed by atoms with Crippen LogP contribution in [0.5, 0.6) is 0 Å². The van der Waals surface area contributed by atoms with E-state index in [1.807, 2.05) is 0 Å². The SMILES string of the molecule is O=C1CNS(=O)(=O)[C@H]2C=CS[C@H]12. The number of fused-ring (bicyclic) bond motifs is 1. The molecule has 0 radical (unpaired) electrons. The minimum Gasteiger partial charge on any atom is -0.297 e. The Morgan fingerprint density at radius 3 is 3.00 bits per heavy atom. The number of carbonyl (C=O) groups excluding carboxylic acids is 1. The van der Waals surface area contributed by atoms with Crippen molar-refractivity contribution in [3.8, 4) is 0 Å². The Labute approximate surface area is 74.5 Å². The maximum Gasteiger partial charge on any atom is 0.220 e. The molecular formula is C6H7NO3S2. The Balaban J connectivity index is 2.39. The summed E-state index contributed by atoms with van der Waals surface area (Å²) >= 11 is 1.29. The molecule has 0 aromatic rings. The highest BCUT2D eigenvalue weighted by molar-refractivity contribution is 8.05. The Hall–Kier alpha value is -0.330. The number of hydrogen-bond donors (Lipinski definition) is 1. The zero-order valence-corrected chi connectivity index (χ0v) is 7.69. The van der Waals surface area contributed by atoms with Gasteiger partial charge in [-0.05, 0) is 5.41 Å². The Kier molecular flexibility index (Phi) is 1.78. The first kappa shape index (κ1) is 8.28. The second-order valence-electron chi connectivity index (χ2n) is 2.68. The summed E-state index contributed by atoms with van der Waals surface area (Å²) in [5.74, 6) is -0.0372. The Morgan fingerprint density at radius 2 is 2.33 bits per heavy atom. The summed E-state index contributed by atoms with van der Waals surface area (Å²) in [5, 5.41) is 0.623. The predicted molar refractivity (Wildman–Crippen MR) is 46.2 cm³/mol. The zero-order valence-electron chi connectivity index (χ0n) is 6.06. The second-order valence-corrected chi connectivity index (χ2v) is 5.66. The second kappa shape index (κ2) is 2.58. The molecule has 66 valence electrons. The average Bonchev–Trinajstić information content (AvgIpc) is 2.46. The molecule has 1 fully saturated rings. The van der Waals surface area contributed by atoms with Crippen LogP contribution in [0.2, 0.25) is 0 Å². The largest absolute Gasteiger partial charge is 0.297 e. The van der Waals surface area contributed by atoms with Crippen LogP contribution in [0, 0.1) is 0 Å². The van der Waals surface area contributed by atoms with Gasteiger partial charge in [-0.25, -0.2) is 13.1 Å². The molecule has 0 unspecified atom stereocenters. The smallest absolute Gasteiger partial charge is 0.220 e. The Bertz CT molecular complexity index is 346. The van der Waals surface area contributed by atoms with Crippen LogP contribution >= 0.6 is 11.8 Å². The van der Waals surface area contributed by atoms with Crippen LogP contribution in [0.4, 0.5) is 0 Å². The first-order valence-corrected chi connectivity index (χ1v) is 5.93. The number of sulfonamides is 1. The minimum absolute atomic E-state index is 0.0372. The van der Waals surface area contributed by atoms with Crippen LogP contribution in [0.1, 0.15) is 0 Å². The van der Waals surface area contributed by atoms with E-state index >= 15 is 0 Å². The zero-order chi connectivity index (χ0) is 8.77. The molecule has 2 aliphatic rings. The van der Waals surface area contributed by atoms with Gasteiger partial charge in [0.25, 0.3) is 0 Å². The van der Waals surface area contributed by atoms with Gasteiger partial charge in [0.2, 0.25) is 10.0 Å². The van der Waals surface area contributed by atoms with E-state index in [1.165, 1.54) is 11.8 Å². The predicted octanol–water partition coefficient (Wildman–Crippen LogP) is -0.514. The van der Waals surface area contributed by atoms with Crippen LogP contribution in [0.3, 0.4) is 0 Å². The number of rotatable bonds is 0. The summed E-state index contributed by atoms with van der Waals surface area (Å²) in [6.45, 7) is -0.0574. The minimum atomic E-state index is -3.27. The van der Waals surface area contributed by atoms with E-state index in [-0.39, 0.29) is 12.3 Å². The van der Waals surface area contributed by atoms with Gasteiger partial charge in [0.15, 0.2) is 5.78 Å². The molecule has 2 rings (SSSR count). The maximum atomic E-state index is 11.3. The van der Waals surface area contributed by atoms with E-state index < -0.39 is 20.5 Å². The van der Waals surface area contributed by atoms with Crippen molar-refractivity contribution in [3.05, 3.63) is 11.5 Å². The van der Waals surface area contributed by atoms with Crippen molar-refractivity contribution in [1.82, 2.24) is 4.72 Å². The molecule has 1 saturated heterocycles. The molecule has 2 aliphatic heterocycles. The molecule has 2 heterocycles. The summed E-state index contributed by atoms with van der Waals surface area (Å²) in [6, 6.07) is 0. The first-order chi connectivity index (χ1) is 5.61. The summed E-state index contributed by atoms with van der Waals surface area (Å²) < 4.78 is 24.8. The van der Waals surface area contributed by atoms with Crippen molar-refractivity contribution >= 4 is 27.6 Å². The highest BCUT2D eigenvalue weighted by atomic mass is 32.2. The van der Waals surface area contributed by atoms with Gasteiger partial charge in [0.1, 0.15) is 5.25 Å². The number of nitrogens with one attached hydrogen (secondary N) is 1. The fourth-order valence-corrected chi connectivity index (χ4v) is 4.22. The van der Waals surface area contributed by atoms with Crippen molar-refractivity contribution in [1.29, 1.82) is 0 Å². The molecular weight excluding hydrogens is 198 g/mol. The van der Waals surface area contributed by atoms with Crippen LogP contribution in [-0.2, 0) is 14.8 Å². The highest BCUT2D eigenvalue weighted by Gasteiger charge is 2.42. The van der Waals surface area contributed by atoms with E-state index in [0.717, 1.165) is 0 Å². The number of hydrogen-bond acceptors (Lipinski definition) is 4. The van der Waals surface area contributed by atoms with Gasteiger partial charge in [-0.3, -0.25) is 4.79 Å². The standard InChI is InChI=1S/C6H7NO3S2/c8-4-3-7-12(9,10)5-1-2-11-6(4)5/h1-2,5-7H,3H2/t5-,6+/m0/s1. The van der Waals surface area contributed by atoms with Gasteiger partial charge in [0, 0.05) is 0 Å². The lowest BCUT2D eigenvalue weighted by atomic mass is 10.2. The third kappa shape index (κ3) is 1.10. The van der Waals surface area contributed by atoms with Crippen molar-refractivity contribution < 1.29 is 13.2 Å². The molecule has 0 aromatic carbocycles. The van der Waals surface area contributed by atoms with Crippen molar-refractivity contribution in [2.24, 2.45) is 0 Å². The number of Topliss-reactive ketones (excluding diaryl/α,β-unsaturated/α-hetero) is 1. The molecule has 1 N–H and O–H groups in total. The molecule has 0 amide bonds. The van der Waals surface area contributed by atoms with E-state index in [0.29, 0.717) is 0 Å². The molecule has 6 heteroatoms. The maximum absolute atomic E-state index is 11.3. The molecule has 0 saturated carbocycles. The van der Waals surface area contributed by atoms with Crippen LogP contribution in [-0.4, -0.2) is 31.2 Å². The van der Waals surface area contributed by atoms with Crippen molar-refractivity contribution in [2.45, 2.75) is 10.5 Å². The van der Waals surface area contributed by atoms with Gasteiger partial charge in [0.05, 0.1) is 11.8 Å². The van der Waals surface area contributed by atoms with E-state index in [1.54, 1.807) is 11.5 Å². The Morgan fingerprint density at radius 1 is 1.58 bits per heavy atom. The van der Waals surface area contributed by atoms with Gasteiger partial charge in [-0.15, -0.1) is 11.8 Å². The van der Waals surface area contributed by atoms with Crippen molar-refractivity contribution in [3.63, 3.8) is 0 Å². The monoisotopic (exact) mass is 205 g/mol. The molecule has 0 bridgehead atoms. The lowest BCUT2D eigenvalue weighted by molar-refractivity contribution is -0.117. The highest BCUT2D eigenvalue weighted by Crippen LogP contribution is 2.31. The lowest BCUT2D eigenvalue weighted by Crippen LogP contribution is -2.50. The van der Waals surface area contributed by atoms with E-state index in [9.17, 15) is 13.2 Å². The van der Waals surface area contributed by atoms with Gasteiger partial charge in [-0.1, -0.05) is 6.08 Å². The number of thioether (sulfide) groups is 1. The summed E-state index contributed by atoms with van der Waals surface area (Å²) in [5.41, 5.74) is 0. The van der Waals surface area contributed by atoms with E-state index in [4.69, 9.17) is 0 Å². The van der Waals surface area contributed by atoms with Gasteiger partial charge < -0.3 is 0 Å². The fraction of sp³-hybridized carbons (Fsp3) is 0.500. The van der Waals surface area contributed by atoms with Crippen LogP contribution in [0.25, 0.3) is 0 Å². The van der Waals surface area contributed by atoms with Crippen molar-refractivity contribution in [2.75, 3.05) is 6.54 Å². The molecule has 12 heavy (non-hydrogen) atoms. The van der Waals surface area contributed by atoms with Gasteiger partial charge >= 0.3 is 0 Å². The molecule has 0 aromatic heterocycles.